The minimum Gasteiger partial charge on any atom is -0.339 e. The van der Waals surface area contributed by atoms with Crippen molar-refractivity contribution >= 4 is 22.8 Å². The summed E-state index contributed by atoms with van der Waals surface area (Å²) in [5.74, 6) is 1.48. The maximum atomic E-state index is 12.8. The maximum Gasteiger partial charge on any atom is 0.254 e. The molecule has 0 radical (unpaired) electrons. The first-order valence-electron chi connectivity index (χ1n) is 9.06. The summed E-state index contributed by atoms with van der Waals surface area (Å²) in [5.41, 5.74) is 2.55. The number of rotatable bonds is 2. The lowest BCUT2D eigenvalue weighted by atomic mass is 9.84. The van der Waals surface area contributed by atoms with Crippen molar-refractivity contribution in [1.82, 2.24) is 19.4 Å². The van der Waals surface area contributed by atoms with E-state index in [4.69, 9.17) is 0 Å². The number of fused-ring (bicyclic) bond motifs is 1. The van der Waals surface area contributed by atoms with E-state index in [0.717, 1.165) is 29.7 Å². The lowest BCUT2D eigenvalue weighted by Gasteiger charge is -2.38. The second kappa shape index (κ2) is 6.17. The number of piperazine rings is 1. The van der Waals surface area contributed by atoms with E-state index < -0.39 is 0 Å². The van der Waals surface area contributed by atoms with Gasteiger partial charge in [-0.3, -0.25) is 9.59 Å². The Kier molecular flexibility index (Phi) is 3.98. The molecule has 0 bridgehead atoms. The van der Waals surface area contributed by atoms with Gasteiger partial charge in [0.25, 0.3) is 5.91 Å². The average molecular weight is 340 g/mol. The van der Waals surface area contributed by atoms with Crippen LogP contribution in [0.4, 0.5) is 0 Å². The summed E-state index contributed by atoms with van der Waals surface area (Å²) in [6, 6.07) is 5.70. The van der Waals surface area contributed by atoms with Crippen molar-refractivity contribution in [3.63, 3.8) is 0 Å². The minimum absolute atomic E-state index is 0.0287. The lowest BCUT2D eigenvalue weighted by molar-refractivity contribution is -0.139. The summed E-state index contributed by atoms with van der Waals surface area (Å²) in [5, 5.41) is 0. The smallest absolute Gasteiger partial charge is 0.254 e. The molecule has 6 heteroatoms. The Balaban J connectivity index is 1.44. The van der Waals surface area contributed by atoms with E-state index in [0.29, 0.717) is 31.7 Å². The average Bonchev–Trinajstić information content (AvgIpc) is 2.86. The molecule has 1 aliphatic heterocycles. The Labute approximate surface area is 147 Å². The van der Waals surface area contributed by atoms with Gasteiger partial charge in [0.05, 0.1) is 11.0 Å². The molecule has 2 aromatic rings. The molecular formula is C19H24N4O2. The number of benzene rings is 1. The highest BCUT2D eigenvalue weighted by molar-refractivity contribution is 5.97. The van der Waals surface area contributed by atoms with Gasteiger partial charge in [0.15, 0.2) is 0 Å². The van der Waals surface area contributed by atoms with Crippen molar-refractivity contribution in [3.8, 4) is 0 Å². The van der Waals surface area contributed by atoms with Crippen LogP contribution in [-0.2, 0) is 11.8 Å². The van der Waals surface area contributed by atoms with Crippen molar-refractivity contribution < 1.29 is 9.59 Å². The van der Waals surface area contributed by atoms with Gasteiger partial charge < -0.3 is 14.4 Å². The number of imidazole rings is 1. The highest BCUT2D eigenvalue weighted by atomic mass is 16.2. The number of amides is 2. The Morgan fingerprint density at radius 1 is 1.08 bits per heavy atom. The van der Waals surface area contributed by atoms with Crippen LogP contribution in [0.3, 0.4) is 0 Å². The van der Waals surface area contributed by atoms with Crippen LogP contribution in [0.2, 0.25) is 0 Å². The largest absolute Gasteiger partial charge is 0.339 e. The van der Waals surface area contributed by atoms with Crippen LogP contribution in [0.15, 0.2) is 18.2 Å². The van der Waals surface area contributed by atoms with Gasteiger partial charge in [-0.1, -0.05) is 6.42 Å². The van der Waals surface area contributed by atoms with Crippen molar-refractivity contribution in [3.05, 3.63) is 29.6 Å². The van der Waals surface area contributed by atoms with E-state index in [1.165, 1.54) is 6.42 Å². The fourth-order valence-corrected chi connectivity index (χ4v) is 3.68. The standard InChI is InChI=1S/C19H24N4O2/c1-13-20-16-12-15(6-7-17(16)21(13)2)19(25)23-10-8-22(9-11-23)18(24)14-4-3-5-14/h6-7,12,14H,3-5,8-11H2,1-2H3. The number of carbonyl (C=O) groups excluding carboxylic acids is 2. The molecule has 1 aromatic carbocycles. The number of carbonyl (C=O) groups is 2. The third-order valence-corrected chi connectivity index (χ3v) is 5.68. The molecule has 0 unspecified atom stereocenters. The first-order valence-corrected chi connectivity index (χ1v) is 9.06. The van der Waals surface area contributed by atoms with Crippen LogP contribution in [0.5, 0.6) is 0 Å². The van der Waals surface area contributed by atoms with Crippen LogP contribution >= 0.6 is 0 Å². The summed E-state index contributed by atoms with van der Waals surface area (Å²) in [6.45, 7) is 4.46. The first-order chi connectivity index (χ1) is 12.0. The van der Waals surface area contributed by atoms with Gasteiger partial charge in [0.1, 0.15) is 5.82 Å². The molecule has 4 rings (SSSR count). The Morgan fingerprint density at radius 2 is 1.76 bits per heavy atom. The third kappa shape index (κ3) is 2.79. The number of aryl methyl sites for hydroxylation is 2. The number of hydrogen-bond acceptors (Lipinski definition) is 3. The van der Waals surface area contributed by atoms with Crippen molar-refractivity contribution in [2.24, 2.45) is 13.0 Å². The van der Waals surface area contributed by atoms with E-state index in [1.54, 1.807) is 0 Å². The molecular weight excluding hydrogens is 316 g/mol. The summed E-state index contributed by atoms with van der Waals surface area (Å²) in [6.07, 6.45) is 3.23. The SMILES string of the molecule is Cc1nc2cc(C(=O)N3CCN(C(=O)C4CCC4)CC3)ccc2n1C. The van der Waals surface area contributed by atoms with E-state index in [2.05, 4.69) is 4.98 Å². The Bertz CT molecular complexity index is 829. The highest BCUT2D eigenvalue weighted by Crippen LogP contribution is 2.28. The Morgan fingerprint density at radius 3 is 2.40 bits per heavy atom. The van der Waals surface area contributed by atoms with E-state index in [9.17, 15) is 9.59 Å². The van der Waals surface area contributed by atoms with Crippen molar-refractivity contribution in [1.29, 1.82) is 0 Å². The highest BCUT2D eigenvalue weighted by Gasteiger charge is 2.32. The molecule has 1 saturated heterocycles. The molecule has 2 heterocycles. The third-order valence-electron chi connectivity index (χ3n) is 5.68. The van der Waals surface area contributed by atoms with Crippen molar-refractivity contribution in [2.75, 3.05) is 26.2 Å². The summed E-state index contributed by atoms with van der Waals surface area (Å²) >= 11 is 0. The Hall–Kier alpha value is -2.37. The summed E-state index contributed by atoms with van der Waals surface area (Å²) in [4.78, 5) is 33.4. The maximum absolute atomic E-state index is 12.8. The van der Waals surface area contributed by atoms with Gasteiger partial charge in [-0.25, -0.2) is 4.98 Å². The van der Waals surface area contributed by atoms with Gasteiger partial charge in [0.2, 0.25) is 5.91 Å². The normalized spacial score (nSPS) is 18.5. The minimum atomic E-state index is 0.0287. The predicted octanol–water partition coefficient (Wildman–Crippen LogP) is 1.97. The van der Waals surface area contributed by atoms with Crippen LogP contribution in [0, 0.1) is 12.8 Å². The zero-order chi connectivity index (χ0) is 17.6. The molecule has 2 amide bonds. The molecule has 1 saturated carbocycles. The summed E-state index contributed by atoms with van der Waals surface area (Å²) in [7, 11) is 1.98. The number of aromatic nitrogens is 2. The zero-order valence-electron chi connectivity index (χ0n) is 14.9. The second-order valence-corrected chi connectivity index (χ2v) is 7.17. The van der Waals surface area contributed by atoms with Gasteiger partial charge in [-0.15, -0.1) is 0 Å². The van der Waals surface area contributed by atoms with Gasteiger partial charge in [-0.2, -0.15) is 0 Å². The quantitative estimate of drug-likeness (QED) is 0.840. The van der Waals surface area contributed by atoms with Gasteiger partial charge in [0, 0.05) is 44.7 Å². The molecule has 2 aliphatic rings. The van der Waals surface area contributed by atoms with Gasteiger partial charge >= 0.3 is 0 Å². The summed E-state index contributed by atoms with van der Waals surface area (Å²) < 4.78 is 2.02. The molecule has 132 valence electrons. The zero-order valence-corrected chi connectivity index (χ0v) is 14.9. The topological polar surface area (TPSA) is 58.4 Å². The molecule has 2 fully saturated rings. The molecule has 0 atom stereocenters. The van der Waals surface area contributed by atoms with Crippen LogP contribution in [0.1, 0.15) is 35.4 Å². The fourth-order valence-electron chi connectivity index (χ4n) is 3.68. The predicted molar refractivity (Wildman–Crippen MR) is 95.3 cm³/mol. The molecule has 0 N–H and O–H groups in total. The molecule has 1 aromatic heterocycles. The van der Waals surface area contributed by atoms with Crippen LogP contribution < -0.4 is 0 Å². The second-order valence-electron chi connectivity index (χ2n) is 7.17. The molecule has 25 heavy (non-hydrogen) atoms. The van der Waals surface area contributed by atoms with E-state index in [1.807, 2.05) is 46.5 Å². The number of nitrogens with zero attached hydrogens (tertiary/aromatic N) is 4. The molecule has 6 nitrogen and oxygen atoms in total. The van der Waals surface area contributed by atoms with Crippen LogP contribution in [0.25, 0.3) is 11.0 Å². The lowest BCUT2D eigenvalue weighted by Crippen LogP contribution is -2.52. The van der Waals surface area contributed by atoms with E-state index in [-0.39, 0.29) is 17.7 Å². The molecule has 1 aliphatic carbocycles. The van der Waals surface area contributed by atoms with Crippen LogP contribution in [-0.4, -0.2) is 57.3 Å². The first kappa shape index (κ1) is 16.1. The molecule has 0 spiro atoms. The fraction of sp³-hybridized carbons (Fsp3) is 0.526. The van der Waals surface area contributed by atoms with E-state index >= 15 is 0 Å². The number of hydrogen-bond donors (Lipinski definition) is 0. The van der Waals surface area contributed by atoms with Crippen molar-refractivity contribution in [2.45, 2.75) is 26.2 Å². The van der Waals surface area contributed by atoms with Gasteiger partial charge in [-0.05, 0) is 38.0 Å². The monoisotopic (exact) mass is 340 g/mol.